The Morgan fingerprint density at radius 1 is 1.16 bits per heavy atom. The van der Waals surface area contributed by atoms with Crippen LogP contribution in [-0.4, -0.2) is 15.9 Å². The third kappa shape index (κ3) is 2.92. The molecule has 0 radical (unpaired) electrons. The Labute approximate surface area is 113 Å². The van der Waals surface area contributed by atoms with E-state index in [9.17, 15) is 4.57 Å². The summed E-state index contributed by atoms with van der Waals surface area (Å²) in [6.45, 7) is 0. The lowest BCUT2D eigenvalue weighted by molar-refractivity contribution is 0.102. The Bertz CT molecular complexity index is 500. The molecule has 0 aromatic rings. The SMILES string of the molecule is O=P(O)(O)OC1CCC2C(=CC=C3C=CCCC32)C1. The summed E-state index contributed by atoms with van der Waals surface area (Å²) in [5.41, 5.74) is 2.71. The van der Waals surface area contributed by atoms with Gasteiger partial charge >= 0.3 is 7.82 Å². The molecular weight excluding hydrogens is 263 g/mol. The molecule has 0 heterocycles. The van der Waals surface area contributed by atoms with E-state index in [1.165, 1.54) is 17.6 Å². The molecule has 0 saturated heterocycles. The lowest BCUT2D eigenvalue weighted by Gasteiger charge is -2.39. The largest absolute Gasteiger partial charge is 0.469 e. The van der Waals surface area contributed by atoms with E-state index < -0.39 is 7.82 Å². The van der Waals surface area contributed by atoms with Gasteiger partial charge in [-0.3, -0.25) is 4.52 Å². The van der Waals surface area contributed by atoms with Crippen LogP contribution in [0.3, 0.4) is 0 Å². The van der Waals surface area contributed by atoms with Gasteiger partial charge in [-0.2, -0.15) is 0 Å². The van der Waals surface area contributed by atoms with Crippen LogP contribution in [0.5, 0.6) is 0 Å². The molecule has 0 aromatic carbocycles. The van der Waals surface area contributed by atoms with Gasteiger partial charge in [-0.15, -0.1) is 0 Å². The summed E-state index contributed by atoms with van der Waals surface area (Å²) >= 11 is 0. The number of phosphoric acid groups is 1. The van der Waals surface area contributed by atoms with E-state index in [0.717, 1.165) is 19.3 Å². The molecule has 0 bridgehead atoms. The average molecular weight is 282 g/mol. The standard InChI is InChI=1S/C14H19O4P/c15-19(16,17)18-12-7-8-14-11(9-12)6-5-10-3-1-2-4-13(10)14/h1,3,5-6,12-14H,2,4,7-9H2,(H2,15,16,17). The molecule has 1 saturated carbocycles. The highest BCUT2D eigenvalue weighted by Crippen LogP contribution is 2.48. The second-order valence-corrected chi connectivity index (χ2v) is 6.79. The molecule has 5 heteroatoms. The predicted molar refractivity (Wildman–Crippen MR) is 72.3 cm³/mol. The van der Waals surface area contributed by atoms with Crippen molar-refractivity contribution in [2.75, 3.05) is 0 Å². The van der Waals surface area contributed by atoms with Crippen molar-refractivity contribution in [2.45, 2.75) is 38.2 Å². The van der Waals surface area contributed by atoms with Crippen LogP contribution in [-0.2, 0) is 9.09 Å². The molecule has 1 fully saturated rings. The van der Waals surface area contributed by atoms with Gasteiger partial charge in [0.05, 0.1) is 6.10 Å². The topological polar surface area (TPSA) is 66.8 Å². The first-order valence-electron chi connectivity index (χ1n) is 6.84. The second kappa shape index (κ2) is 5.02. The zero-order valence-corrected chi connectivity index (χ0v) is 11.6. The molecule has 0 amide bonds. The van der Waals surface area contributed by atoms with Crippen LogP contribution in [0.1, 0.15) is 32.1 Å². The van der Waals surface area contributed by atoms with Crippen LogP contribution in [0.25, 0.3) is 0 Å². The molecule has 3 aliphatic rings. The zero-order valence-electron chi connectivity index (χ0n) is 10.7. The minimum absolute atomic E-state index is 0.336. The molecule has 3 atom stereocenters. The fourth-order valence-electron chi connectivity index (χ4n) is 3.60. The lowest BCUT2D eigenvalue weighted by Crippen LogP contribution is -2.30. The first-order valence-corrected chi connectivity index (χ1v) is 8.37. The molecule has 0 aromatic heterocycles. The Morgan fingerprint density at radius 2 is 2.00 bits per heavy atom. The van der Waals surface area contributed by atoms with Gasteiger partial charge in [-0.05, 0) is 49.5 Å². The maximum atomic E-state index is 10.9. The fraction of sp³-hybridized carbons (Fsp3) is 0.571. The molecule has 0 spiro atoms. The van der Waals surface area contributed by atoms with Gasteiger partial charge in [0, 0.05) is 0 Å². The summed E-state index contributed by atoms with van der Waals surface area (Å²) in [6.07, 6.45) is 13.1. The number of allylic oxidation sites excluding steroid dienone is 5. The molecule has 4 nitrogen and oxygen atoms in total. The van der Waals surface area contributed by atoms with E-state index in [0.29, 0.717) is 18.3 Å². The highest BCUT2D eigenvalue weighted by molar-refractivity contribution is 7.46. The van der Waals surface area contributed by atoms with Gasteiger partial charge in [0.25, 0.3) is 0 Å². The van der Waals surface area contributed by atoms with Gasteiger partial charge in [-0.1, -0.05) is 29.9 Å². The number of hydrogen-bond acceptors (Lipinski definition) is 2. The lowest BCUT2D eigenvalue weighted by atomic mass is 9.67. The minimum atomic E-state index is -4.36. The molecule has 3 rings (SSSR count). The van der Waals surface area contributed by atoms with Crippen molar-refractivity contribution in [3.8, 4) is 0 Å². The normalized spacial score (nSPS) is 34.1. The molecule has 2 N–H and O–H groups in total. The fourth-order valence-corrected chi connectivity index (χ4v) is 4.17. The second-order valence-electron chi connectivity index (χ2n) is 5.60. The van der Waals surface area contributed by atoms with Gasteiger partial charge in [0.15, 0.2) is 0 Å². The van der Waals surface area contributed by atoms with Crippen molar-refractivity contribution < 1.29 is 18.9 Å². The molecule has 3 aliphatic carbocycles. The maximum absolute atomic E-state index is 10.9. The smallest absolute Gasteiger partial charge is 0.303 e. The van der Waals surface area contributed by atoms with Crippen molar-refractivity contribution in [1.82, 2.24) is 0 Å². The highest BCUT2D eigenvalue weighted by atomic mass is 31.2. The molecule has 104 valence electrons. The van der Waals surface area contributed by atoms with E-state index in [4.69, 9.17) is 14.3 Å². The van der Waals surface area contributed by atoms with Crippen molar-refractivity contribution in [3.63, 3.8) is 0 Å². The number of fused-ring (bicyclic) bond motifs is 3. The van der Waals surface area contributed by atoms with Crippen LogP contribution in [0.2, 0.25) is 0 Å². The van der Waals surface area contributed by atoms with E-state index in [2.05, 4.69) is 24.3 Å². The Kier molecular flexibility index (Phi) is 3.52. The highest BCUT2D eigenvalue weighted by Gasteiger charge is 2.36. The number of hydrogen-bond donors (Lipinski definition) is 2. The molecule has 3 unspecified atom stereocenters. The van der Waals surface area contributed by atoms with E-state index >= 15 is 0 Å². The van der Waals surface area contributed by atoms with Gasteiger partial charge in [0.1, 0.15) is 0 Å². The molecular formula is C14H19O4P. The van der Waals surface area contributed by atoms with Crippen LogP contribution in [0.4, 0.5) is 0 Å². The summed E-state index contributed by atoms with van der Waals surface area (Å²) in [4.78, 5) is 17.8. The summed E-state index contributed by atoms with van der Waals surface area (Å²) in [5.74, 6) is 1.14. The average Bonchev–Trinajstić information content (AvgIpc) is 2.36. The first-order chi connectivity index (χ1) is 9.03. The Morgan fingerprint density at radius 3 is 2.79 bits per heavy atom. The van der Waals surface area contributed by atoms with Gasteiger partial charge < -0.3 is 9.79 Å². The quantitative estimate of drug-likeness (QED) is 0.764. The van der Waals surface area contributed by atoms with Gasteiger partial charge in [0.2, 0.25) is 0 Å². The first kappa shape index (κ1) is 13.3. The van der Waals surface area contributed by atoms with Crippen LogP contribution in [0, 0.1) is 11.8 Å². The summed E-state index contributed by atoms with van der Waals surface area (Å²) in [6, 6.07) is 0. The van der Waals surface area contributed by atoms with E-state index in [1.54, 1.807) is 0 Å². The van der Waals surface area contributed by atoms with Crippen molar-refractivity contribution in [1.29, 1.82) is 0 Å². The molecule has 19 heavy (non-hydrogen) atoms. The van der Waals surface area contributed by atoms with E-state index in [-0.39, 0.29) is 6.10 Å². The van der Waals surface area contributed by atoms with Gasteiger partial charge in [-0.25, -0.2) is 4.57 Å². The molecule has 0 aliphatic heterocycles. The van der Waals surface area contributed by atoms with Crippen LogP contribution < -0.4 is 0 Å². The summed E-state index contributed by atoms with van der Waals surface area (Å²) in [7, 11) is -4.36. The Balaban J connectivity index is 1.75. The monoisotopic (exact) mass is 282 g/mol. The summed E-state index contributed by atoms with van der Waals surface area (Å²) < 4.78 is 15.8. The maximum Gasteiger partial charge on any atom is 0.469 e. The minimum Gasteiger partial charge on any atom is -0.303 e. The van der Waals surface area contributed by atoms with Crippen LogP contribution in [0.15, 0.2) is 35.5 Å². The van der Waals surface area contributed by atoms with Crippen molar-refractivity contribution in [3.05, 3.63) is 35.5 Å². The number of phosphoric ester groups is 1. The predicted octanol–water partition coefficient (Wildman–Crippen LogP) is 3.10. The van der Waals surface area contributed by atoms with Crippen molar-refractivity contribution >= 4 is 7.82 Å². The Hall–Kier alpha value is -0.670. The van der Waals surface area contributed by atoms with Crippen LogP contribution >= 0.6 is 7.82 Å². The van der Waals surface area contributed by atoms with Crippen molar-refractivity contribution in [2.24, 2.45) is 11.8 Å². The third-order valence-electron chi connectivity index (χ3n) is 4.38. The number of rotatable bonds is 2. The summed E-state index contributed by atoms with van der Waals surface area (Å²) in [5, 5.41) is 0. The zero-order chi connectivity index (χ0) is 13.5. The third-order valence-corrected chi connectivity index (χ3v) is 4.96. The van der Waals surface area contributed by atoms with E-state index in [1.807, 2.05) is 0 Å².